The zero-order valence-electron chi connectivity index (χ0n) is 8.61. The van der Waals surface area contributed by atoms with Gasteiger partial charge in [0.15, 0.2) is 0 Å². The van der Waals surface area contributed by atoms with E-state index in [1.807, 2.05) is 0 Å². The van der Waals surface area contributed by atoms with E-state index in [0.29, 0.717) is 16.9 Å². The van der Waals surface area contributed by atoms with Gasteiger partial charge in [-0.1, -0.05) is 15.9 Å². The molecule has 4 nitrogen and oxygen atoms in total. The number of carboxylic acids is 1. The maximum atomic E-state index is 10.6. The molecule has 0 atom stereocenters. The summed E-state index contributed by atoms with van der Waals surface area (Å²) in [4.78, 5) is 10.6. The fourth-order valence-corrected chi connectivity index (χ4v) is 1.65. The zero-order chi connectivity index (χ0) is 12.1. The van der Waals surface area contributed by atoms with E-state index in [0.717, 1.165) is 10.5 Å². The van der Waals surface area contributed by atoms with Gasteiger partial charge in [-0.25, -0.2) is 4.79 Å². The van der Waals surface area contributed by atoms with Crippen LogP contribution < -0.4 is 4.74 Å². The van der Waals surface area contributed by atoms with Gasteiger partial charge in [0.05, 0.1) is 13.7 Å². The number of halogens is 1. The van der Waals surface area contributed by atoms with E-state index < -0.39 is 5.97 Å². The van der Waals surface area contributed by atoms with Crippen molar-refractivity contribution in [1.29, 1.82) is 0 Å². The van der Waals surface area contributed by atoms with Crippen molar-refractivity contribution >= 4 is 27.5 Å². The number of carbonyl (C=O) groups is 1. The lowest BCUT2D eigenvalue weighted by atomic mass is 10.1. The second-order valence-electron chi connectivity index (χ2n) is 3.01. The Morgan fingerprint density at radius 3 is 2.75 bits per heavy atom. The minimum absolute atomic E-state index is 0.297. The molecule has 1 rings (SSSR count). The summed E-state index contributed by atoms with van der Waals surface area (Å²) in [6.07, 6.45) is 0.963. The average molecular weight is 287 g/mol. The summed E-state index contributed by atoms with van der Waals surface area (Å²) in [6, 6.07) is 5.17. The van der Waals surface area contributed by atoms with Gasteiger partial charge in [0, 0.05) is 16.1 Å². The van der Waals surface area contributed by atoms with Crippen LogP contribution in [0.2, 0.25) is 0 Å². The Morgan fingerprint density at radius 2 is 2.25 bits per heavy atom. The molecule has 0 aromatic heterocycles. The van der Waals surface area contributed by atoms with Crippen LogP contribution in [0.5, 0.6) is 5.75 Å². The summed E-state index contributed by atoms with van der Waals surface area (Å²) in [5.74, 6) is -0.587. The highest BCUT2D eigenvalue weighted by Crippen LogP contribution is 2.28. The highest BCUT2D eigenvalue weighted by molar-refractivity contribution is 9.10. The molecule has 1 aromatic rings. The normalized spacial score (nSPS) is 11.3. The summed E-state index contributed by atoms with van der Waals surface area (Å²) in [7, 11) is 1.49. The van der Waals surface area contributed by atoms with Crippen LogP contribution in [0.1, 0.15) is 5.56 Å². The first-order valence-corrected chi connectivity index (χ1v) is 5.26. The number of ether oxygens (including phenoxy) is 1. The molecule has 0 aliphatic rings. The average Bonchev–Trinajstić information content (AvgIpc) is 2.25. The summed E-state index contributed by atoms with van der Waals surface area (Å²) < 4.78 is 5.88. The minimum Gasteiger partial charge on any atom is -0.496 e. The number of benzene rings is 1. The van der Waals surface area contributed by atoms with Gasteiger partial charge in [-0.15, -0.1) is 0 Å². The minimum atomic E-state index is -1.11. The van der Waals surface area contributed by atoms with E-state index in [9.17, 15) is 4.79 Å². The third-order valence-electron chi connectivity index (χ3n) is 1.98. The summed E-state index contributed by atoms with van der Waals surface area (Å²) in [5, 5.41) is 17.8. The zero-order valence-corrected chi connectivity index (χ0v) is 10.2. The van der Waals surface area contributed by atoms with Crippen molar-refractivity contribution in [3.63, 3.8) is 0 Å². The van der Waals surface area contributed by atoms with Crippen LogP contribution in [0.15, 0.2) is 28.7 Å². The van der Waals surface area contributed by atoms with Crippen molar-refractivity contribution in [3.8, 4) is 5.75 Å². The second kappa shape index (κ2) is 5.67. The number of rotatable bonds is 4. The van der Waals surface area contributed by atoms with Gasteiger partial charge in [0.25, 0.3) is 0 Å². The number of hydrogen-bond donors (Lipinski definition) is 2. The predicted molar refractivity (Wildman–Crippen MR) is 63.4 cm³/mol. The third kappa shape index (κ3) is 3.08. The van der Waals surface area contributed by atoms with E-state index in [2.05, 4.69) is 15.9 Å². The topological polar surface area (TPSA) is 66.8 Å². The predicted octanol–water partition coefficient (Wildman–Crippen LogP) is 1.92. The lowest BCUT2D eigenvalue weighted by Crippen LogP contribution is -1.99. The van der Waals surface area contributed by atoms with Crippen molar-refractivity contribution in [3.05, 3.63) is 34.3 Å². The fraction of sp³-hybridized carbons (Fsp3) is 0.182. The SMILES string of the molecule is COc1ccc(Br)cc1/C(=C/C(=O)O)CO. The van der Waals surface area contributed by atoms with Crippen LogP contribution in [0.3, 0.4) is 0 Å². The third-order valence-corrected chi connectivity index (χ3v) is 2.47. The van der Waals surface area contributed by atoms with Gasteiger partial charge >= 0.3 is 5.97 Å². The first-order chi connectivity index (χ1) is 7.58. The summed E-state index contributed by atoms with van der Waals surface area (Å²) >= 11 is 3.28. The number of hydrogen-bond acceptors (Lipinski definition) is 3. The van der Waals surface area contributed by atoms with Crippen LogP contribution in [0.4, 0.5) is 0 Å². The molecule has 0 saturated carbocycles. The van der Waals surface area contributed by atoms with E-state index in [4.69, 9.17) is 14.9 Å². The molecule has 0 spiro atoms. The largest absolute Gasteiger partial charge is 0.496 e. The first-order valence-electron chi connectivity index (χ1n) is 4.46. The maximum absolute atomic E-state index is 10.6. The molecule has 16 heavy (non-hydrogen) atoms. The van der Waals surface area contributed by atoms with Crippen LogP contribution in [0, 0.1) is 0 Å². The van der Waals surface area contributed by atoms with Gasteiger partial charge < -0.3 is 14.9 Å². The number of aliphatic hydroxyl groups is 1. The van der Waals surface area contributed by atoms with Crippen molar-refractivity contribution in [1.82, 2.24) is 0 Å². The molecule has 5 heteroatoms. The Balaban J connectivity index is 3.28. The first kappa shape index (κ1) is 12.7. The van der Waals surface area contributed by atoms with Crippen molar-refractivity contribution in [2.24, 2.45) is 0 Å². The monoisotopic (exact) mass is 286 g/mol. The highest BCUT2D eigenvalue weighted by atomic mass is 79.9. The van der Waals surface area contributed by atoms with Crippen molar-refractivity contribution < 1.29 is 19.7 Å². The van der Waals surface area contributed by atoms with Crippen LogP contribution >= 0.6 is 15.9 Å². The Morgan fingerprint density at radius 1 is 1.56 bits per heavy atom. The number of carboxylic acid groups (broad SMARTS) is 1. The molecule has 1 aromatic carbocycles. The quantitative estimate of drug-likeness (QED) is 0.830. The van der Waals surface area contributed by atoms with Gasteiger partial charge in [0.2, 0.25) is 0 Å². The van der Waals surface area contributed by atoms with E-state index in [-0.39, 0.29) is 6.61 Å². The molecule has 0 amide bonds. The Bertz CT molecular complexity index is 426. The Hall–Kier alpha value is -1.33. The fourth-order valence-electron chi connectivity index (χ4n) is 1.29. The second-order valence-corrected chi connectivity index (χ2v) is 3.93. The molecule has 0 bridgehead atoms. The molecule has 0 saturated heterocycles. The molecular weight excluding hydrogens is 276 g/mol. The van der Waals surface area contributed by atoms with E-state index in [1.54, 1.807) is 18.2 Å². The van der Waals surface area contributed by atoms with E-state index >= 15 is 0 Å². The van der Waals surface area contributed by atoms with Gasteiger partial charge in [-0.3, -0.25) is 0 Å². The summed E-state index contributed by atoms with van der Waals surface area (Å²) in [6.45, 7) is -0.362. The summed E-state index contributed by atoms with van der Waals surface area (Å²) in [5.41, 5.74) is 0.854. The van der Waals surface area contributed by atoms with Gasteiger partial charge in [-0.2, -0.15) is 0 Å². The Kier molecular flexibility index (Phi) is 4.52. The van der Waals surface area contributed by atoms with Crippen molar-refractivity contribution in [2.45, 2.75) is 0 Å². The molecule has 0 unspecified atom stereocenters. The van der Waals surface area contributed by atoms with Crippen molar-refractivity contribution in [2.75, 3.05) is 13.7 Å². The molecule has 2 N–H and O–H groups in total. The van der Waals surface area contributed by atoms with E-state index in [1.165, 1.54) is 7.11 Å². The highest BCUT2D eigenvalue weighted by Gasteiger charge is 2.10. The molecule has 0 radical (unpaired) electrons. The molecule has 0 heterocycles. The molecule has 0 fully saturated rings. The van der Waals surface area contributed by atoms with Crippen LogP contribution in [0.25, 0.3) is 5.57 Å². The standard InChI is InChI=1S/C11H11BrO4/c1-16-10-3-2-8(12)5-9(10)7(6-13)4-11(14)15/h2-5,13H,6H2,1H3,(H,14,15)/b7-4+. The molecule has 0 aliphatic carbocycles. The molecule has 86 valence electrons. The van der Waals surface area contributed by atoms with Gasteiger partial charge in [0.1, 0.15) is 5.75 Å². The number of methoxy groups -OCH3 is 1. The van der Waals surface area contributed by atoms with Crippen LogP contribution in [-0.4, -0.2) is 29.9 Å². The lowest BCUT2D eigenvalue weighted by molar-refractivity contribution is -0.131. The smallest absolute Gasteiger partial charge is 0.328 e. The van der Waals surface area contributed by atoms with Gasteiger partial charge in [-0.05, 0) is 23.8 Å². The number of aliphatic carboxylic acids is 1. The maximum Gasteiger partial charge on any atom is 0.328 e. The number of aliphatic hydroxyl groups excluding tert-OH is 1. The Labute approximate surface area is 101 Å². The molecular formula is C11H11BrO4. The van der Waals surface area contributed by atoms with Crippen LogP contribution in [-0.2, 0) is 4.79 Å². The lowest BCUT2D eigenvalue weighted by Gasteiger charge is -2.10. The molecule has 0 aliphatic heterocycles.